The van der Waals surface area contributed by atoms with Crippen LogP contribution >= 0.6 is 23.2 Å². The van der Waals surface area contributed by atoms with Crippen LogP contribution in [0.15, 0.2) is 36.4 Å². The van der Waals surface area contributed by atoms with Crippen molar-refractivity contribution in [3.05, 3.63) is 52.0 Å². The molecule has 3 heteroatoms. The van der Waals surface area contributed by atoms with Gasteiger partial charge < -0.3 is 5.11 Å². The zero-order chi connectivity index (χ0) is 11.7. The fourth-order valence-electron chi connectivity index (χ4n) is 1.53. The maximum Gasteiger partial charge on any atom is 0.134 e. The van der Waals surface area contributed by atoms with Gasteiger partial charge in [0.05, 0.1) is 5.02 Å². The lowest BCUT2D eigenvalue weighted by Crippen LogP contribution is -1.81. The summed E-state index contributed by atoms with van der Waals surface area (Å²) in [6, 6.07) is 10.9. The average Bonchev–Trinajstić information content (AvgIpc) is 2.22. The van der Waals surface area contributed by atoms with Gasteiger partial charge in [-0.1, -0.05) is 41.4 Å². The van der Waals surface area contributed by atoms with Crippen LogP contribution in [0, 0.1) is 6.92 Å². The summed E-state index contributed by atoms with van der Waals surface area (Å²) in [7, 11) is 0. The van der Waals surface area contributed by atoms with Crippen LogP contribution in [0.2, 0.25) is 10.0 Å². The van der Waals surface area contributed by atoms with Crippen LogP contribution < -0.4 is 0 Å². The molecule has 1 nitrogen and oxygen atoms in total. The van der Waals surface area contributed by atoms with Crippen molar-refractivity contribution in [1.82, 2.24) is 0 Å². The highest BCUT2D eigenvalue weighted by atomic mass is 35.5. The molecule has 2 aromatic carbocycles. The summed E-state index contributed by atoms with van der Waals surface area (Å²) >= 11 is 12.0. The topological polar surface area (TPSA) is 20.2 Å². The van der Waals surface area contributed by atoms with Gasteiger partial charge in [0, 0.05) is 10.6 Å². The molecule has 0 saturated heterocycles. The van der Waals surface area contributed by atoms with Crippen molar-refractivity contribution in [1.29, 1.82) is 0 Å². The van der Waals surface area contributed by atoms with Gasteiger partial charge in [-0.2, -0.15) is 0 Å². The molecular formula is C13H10Cl2O. The highest BCUT2D eigenvalue weighted by Crippen LogP contribution is 2.33. The van der Waals surface area contributed by atoms with Crippen LogP contribution in [0.3, 0.4) is 0 Å². The number of hydrogen-bond acceptors (Lipinski definition) is 1. The summed E-state index contributed by atoms with van der Waals surface area (Å²) in [6.45, 7) is 1.99. The van der Waals surface area contributed by atoms with E-state index in [0.29, 0.717) is 10.0 Å². The van der Waals surface area contributed by atoms with E-state index in [2.05, 4.69) is 0 Å². The van der Waals surface area contributed by atoms with Gasteiger partial charge in [0.1, 0.15) is 5.75 Å². The lowest BCUT2D eigenvalue weighted by Gasteiger charge is -2.06. The second-order valence-electron chi connectivity index (χ2n) is 3.65. The molecule has 0 amide bonds. The molecule has 0 radical (unpaired) electrons. The monoisotopic (exact) mass is 252 g/mol. The molecule has 0 unspecified atom stereocenters. The summed E-state index contributed by atoms with van der Waals surface area (Å²) < 4.78 is 0. The maximum absolute atomic E-state index is 9.34. The van der Waals surface area contributed by atoms with E-state index in [9.17, 15) is 5.11 Å². The number of aryl methyl sites for hydroxylation is 1. The molecule has 16 heavy (non-hydrogen) atoms. The molecule has 0 aromatic heterocycles. The summed E-state index contributed by atoms with van der Waals surface area (Å²) in [5.41, 5.74) is 2.92. The van der Waals surface area contributed by atoms with Gasteiger partial charge in [-0.15, -0.1) is 0 Å². The van der Waals surface area contributed by atoms with Crippen molar-refractivity contribution in [3.63, 3.8) is 0 Å². The largest absolute Gasteiger partial charge is 0.506 e. The lowest BCUT2D eigenvalue weighted by molar-refractivity contribution is 0.475. The molecule has 0 saturated carbocycles. The Bertz CT molecular complexity index is 535. The molecule has 2 aromatic rings. The zero-order valence-corrected chi connectivity index (χ0v) is 10.2. The first-order valence-corrected chi connectivity index (χ1v) is 5.58. The number of hydrogen-bond donors (Lipinski definition) is 1. The van der Waals surface area contributed by atoms with Gasteiger partial charge in [-0.25, -0.2) is 0 Å². The van der Waals surface area contributed by atoms with E-state index in [1.165, 1.54) is 0 Å². The Morgan fingerprint density at radius 3 is 2.31 bits per heavy atom. The molecule has 0 bridgehead atoms. The fraction of sp³-hybridized carbons (Fsp3) is 0.0769. The van der Waals surface area contributed by atoms with Crippen molar-refractivity contribution < 1.29 is 5.11 Å². The second-order valence-corrected chi connectivity index (χ2v) is 4.46. The lowest BCUT2D eigenvalue weighted by atomic mass is 10.0. The van der Waals surface area contributed by atoms with Crippen LogP contribution in [-0.4, -0.2) is 5.11 Å². The van der Waals surface area contributed by atoms with Gasteiger partial charge >= 0.3 is 0 Å². The van der Waals surface area contributed by atoms with E-state index < -0.39 is 0 Å². The number of phenolic OH excluding ortho intramolecular Hbond substituents is 1. The van der Waals surface area contributed by atoms with Gasteiger partial charge in [0.15, 0.2) is 0 Å². The van der Waals surface area contributed by atoms with Crippen LogP contribution in [0.25, 0.3) is 11.1 Å². The number of halogens is 2. The highest BCUT2D eigenvalue weighted by molar-refractivity contribution is 6.34. The minimum atomic E-state index is 0.0775. The molecule has 0 aliphatic heterocycles. The number of rotatable bonds is 1. The van der Waals surface area contributed by atoms with E-state index in [4.69, 9.17) is 23.2 Å². The van der Waals surface area contributed by atoms with E-state index >= 15 is 0 Å². The van der Waals surface area contributed by atoms with E-state index in [1.54, 1.807) is 18.2 Å². The molecule has 0 aliphatic carbocycles. The number of aromatic hydroxyl groups is 1. The zero-order valence-electron chi connectivity index (χ0n) is 8.67. The van der Waals surface area contributed by atoms with Gasteiger partial charge in [-0.3, -0.25) is 0 Å². The third-order valence-corrected chi connectivity index (χ3v) is 3.00. The fourth-order valence-corrected chi connectivity index (χ4v) is 2.05. The van der Waals surface area contributed by atoms with Gasteiger partial charge in [0.25, 0.3) is 0 Å². The van der Waals surface area contributed by atoms with Crippen molar-refractivity contribution in [2.45, 2.75) is 6.92 Å². The average molecular weight is 253 g/mol. The predicted molar refractivity (Wildman–Crippen MR) is 68.3 cm³/mol. The molecule has 2 rings (SSSR count). The van der Waals surface area contributed by atoms with E-state index in [1.807, 2.05) is 25.1 Å². The third kappa shape index (κ3) is 2.16. The Kier molecular flexibility index (Phi) is 3.08. The molecule has 0 fully saturated rings. The molecule has 0 atom stereocenters. The Morgan fingerprint density at radius 2 is 1.69 bits per heavy atom. The Hall–Kier alpha value is -1.18. The first kappa shape index (κ1) is 11.3. The quantitative estimate of drug-likeness (QED) is 0.782. The van der Waals surface area contributed by atoms with Gasteiger partial charge in [0.2, 0.25) is 0 Å². The minimum Gasteiger partial charge on any atom is -0.506 e. The van der Waals surface area contributed by atoms with Crippen LogP contribution in [-0.2, 0) is 0 Å². The summed E-state index contributed by atoms with van der Waals surface area (Å²) in [5.74, 6) is 0.0775. The normalized spacial score (nSPS) is 10.4. The van der Waals surface area contributed by atoms with Crippen LogP contribution in [0.5, 0.6) is 5.75 Å². The highest BCUT2D eigenvalue weighted by Gasteiger charge is 2.06. The molecule has 1 N–H and O–H groups in total. The Balaban J connectivity index is 2.54. The number of benzene rings is 2. The molecule has 0 spiro atoms. The first-order valence-electron chi connectivity index (χ1n) is 4.83. The molecule has 0 heterocycles. The van der Waals surface area contributed by atoms with Crippen molar-refractivity contribution in [3.8, 4) is 16.9 Å². The smallest absolute Gasteiger partial charge is 0.134 e. The van der Waals surface area contributed by atoms with Crippen molar-refractivity contribution in [2.24, 2.45) is 0 Å². The van der Waals surface area contributed by atoms with Gasteiger partial charge in [-0.05, 0) is 36.2 Å². The summed E-state index contributed by atoms with van der Waals surface area (Å²) in [4.78, 5) is 0. The van der Waals surface area contributed by atoms with E-state index in [0.717, 1.165) is 16.7 Å². The molecule has 0 aliphatic rings. The second kappa shape index (κ2) is 4.36. The van der Waals surface area contributed by atoms with Crippen LogP contribution in [0.1, 0.15) is 5.56 Å². The maximum atomic E-state index is 9.34. The summed E-state index contributed by atoms with van der Waals surface area (Å²) in [5, 5.41) is 10.3. The SMILES string of the molecule is Cc1ccc(-c2ccc(O)c(Cl)c2)c(Cl)c1. The third-order valence-electron chi connectivity index (χ3n) is 2.38. The number of phenols is 1. The standard InChI is InChI=1S/C13H10Cl2O/c1-8-2-4-10(11(14)6-8)9-3-5-13(16)12(15)7-9/h2-7,16H,1H3. The van der Waals surface area contributed by atoms with Crippen molar-refractivity contribution >= 4 is 23.2 Å². The summed E-state index contributed by atoms with van der Waals surface area (Å²) in [6.07, 6.45) is 0. The van der Waals surface area contributed by atoms with Crippen molar-refractivity contribution in [2.75, 3.05) is 0 Å². The molecular weight excluding hydrogens is 243 g/mol. The first-order chi connectivity index (χ1) is 7.58. The van der Waals surface area contributed by atoms with Crippen LogP contribution in [0.4, 0.5) is 0 Å². The molecule has 82 valence electrons. The Morgan fingerprint density at radius 1 is 0.938 bits per heavy atom. The van der Waals surface area contributed by atoms with E-state index in [-0.39, 0.29) is 5.75 Å². The minimum absolute atomic E-state index is 0.0775. The predicted octanol–water partition coefficient (Wildman–Crippen LogP) is 4.67. The Labute approximate surface area is 104 Å².